The molecule has 2 heterocycles. The highest BCUT2D eigenvalue weighted by atomic mass is 16.2. The Morgan fingerprint density at radius 3 is 2.33 bits per heavy atom. The van der Waals surface area contributed by atoms with Crippen molar-refractivity contribution in [1.29, 1.82) is 0 Å². The van der Waals surface area contributed by atoms with Crippen LogP contribution < -0.4 is 5.32 Å². The van der Waals surface area contributed by atoms with E-state index in [9.17, 15) is 9.59 Å². The molecule has 0 aromatic heterocycles. The summed E-state index contributed by atoms with van der Waals surface area (Å²) in [5, 5.41) is 2.37. The molecule has 1 N–H and O–H groups in total. The molecule has 2 fully saturated rings. The van der Waals surface area contributed by atoms with Gasteiger partial charge in [-0.1, -0.05) is 24.3 Å². The summed E-state index contributed by atoms with van der Waals surface area (Å²) in [6, 6.07) is 9.00. The van der Waals surface area contributed by atoms with Gasteiger partial charge >= 0.3 is 6.03 Å². The first kappa shape index (κ1) is 17.0. The van der Waals surface area contributed by atoms with Crippen molar-refractivity contribution in [2.75, 3.05) is 19.6 Å². The maximum absolute atomic E-state index is 11.8. The Morgan fingerprint density at radius 1 is 1.08 bits per heavy atom. The molecule has 0 aliphatic carbocycles. The van der Waals surface area contributed by atoms with Gasteiger partial charge in [-0.2, -0.15) is 0 Å². The quantitative estimate of drug-likeness (QED) is 0.924. The smallest absolute Gasteiger partial charge is 0.320 e. The number of hydrogen-bond donors (Lipinski definition) is 1. The zero-order chi connectivity index (χ0) is 17.1. The molecule has 0 saturated carbocycles. The van der Waals surface area contributed by atoms with Crippen LogP contribution >= 0.6 is 0 Å². The highest BCUT2D eigenvalue weighted by Gasteiger charge is 2.24. The first-order chi connectivity index (χ1) is 11.5. The van der Waals surface area contributed by atoms with Gasteiger partial charge in [0, 0.05) is 25.6 Å². The fourth-order valence-corrected chi connectivity index (χ4v) is 3.61. The lowest BCUT2D eigenvalue weighted by Crippen LogP contribution is -2.48. The van der Waals surface area contributed by atoms with Crippen molar-refractivity contribution in [2.24, 2.45) is 0 Å². The minimum absolute atomic E-state index is 0.181. The Morgan fingerprint density at radius 2 is 1.75 bits per heavy atom. The third kappa shape index (κ3) is 3.96. The van der Waals surface area contributed by atoms with Gasteiger partial charge in [0.15, 0.2) is 0 Å². The minimum Gasteiger partial charge on any atom is -0.320 e. The minimum atomic E-state index is -0.281. The summed E-state index contributed by atoms with van der Waals surface area (Å²) in [5.74, 6) is 0.462. The number of nitrogens with one attached hydrogen (secondary N) is 1. The van der Waals surface area contributed by atoms with E-state index in [1.54, 1.807) is 4.90 Å². The molecule has 3 amide bonds. The van der Waals surface area contributed by atoms with Gasteiger partial charge in [-0.05, 0) is 56.8 Å². The van der Waals surface area contributed by atoms with E-state index >= 15 is 0 Å². The number of hydrogen-bond acceptors (Lipinski definition) is 3. The van der Waals surface area contributed by atoms with Gasteiger partial charge in [0.25, 0.3) is 0 Å². The predicted molar refractivity (Wildman–Crippen MR) is 93.7 cm³/mol. The molecule has 0 unspecified atom stereocenters. The number of carbonyl (C=O) groups is 2. The number of urea groups is 1. The van der Waals surface area contributed by atoms with Crippen LogP contribution in [0.4, 0.5) is 4.79 Å². The van der Waals surface area contributed by atoms with E-state index in [2.05, 4.69) is 48.3 Å². The Bertz CT molecular complexity index is 589. The number of rotatable bonds is 4. The second-order valence-corrected chi connectivity index (χ2v) is 7.17. The summed E-state index contributed by atoms with van der Waals surface area (Å²) in [5.41, 5.74) is 2.52. The topological polar surface area (TPSA) is 52.6 Å². The Balaban J connectivity index is 1.56. The van der Waals surface area contributed by atoms with Crippen LogP contribution in [0.15, 0.2) is 24.3 Å². The highest BCUT2D eigenvalue weighted by molar-refractivity contribution is 5.96. The molecule has 24 heavy (non-hydrogen) atoms. The predicted octanol–water partition coefficient (Wildman–Crippen LogP) is 2.72. The summed E-state index contributed by atoms with van der Waals surface area (Å²) in [6.07, 6.45) is 2.82. The normalized spacial score (nSPS) is 20.5. The molecular formula is C19H27N3O2. The maximum Gasteiger partial charge on any atom is 0.324 e. The van der Waals surface area contributed by atoms with Gasteiger partial charge in [0.2, 0.25) is 5.91 Å². The van der Waals surface area contributed by atoms with E-state index in [1.165, 1.54) is 31.5 Å². The Kier molecular flexibility index (Phi) is 5.19. The van der Waals surface area contributed by atoms with Crippen LogP contribution in [0.5, 0.6) is 0 Å². The molecular weight excluding hydrogens is 302 g/mol. The van der Waals surface area contributed by atoms with Gasteiger partial charge in [0.05, 0.1) is 0 Å². The van der Waals surface area contributed by atoms with E-state index in [-0.39, 0.29) is 11.9 Å². The lowest BCUT2D eigenvalue weighted by molar-refractivity contribution is -0.121. The zero-order valence-corrected chi connectivity index (χ0v) is 14.6. The third-order valence-electron chi connectivity index (χ3n) is 5.23. The van der Waals surface area contributed by atoms with Crippen LogP contribution in [0.1, 0.15) is 50.2 Å². The van der Waals surface area contributed by atoms with Crippen LogP contribution in [0.2, 0.25) is 0 Å². The van der Waals surface area contributed by atoms with Gasteiger partial charge in [-0.3, -0.25) is 10.1 Å². The summed E-state index contributed by atoms with van der Waals surface area (Å²) in [4.78, 5) is 27.2. The second-order valence-electron chi connectivity index (χ2n) is 7.17. The lowest BCUT2D eigenvalue weighted by Gasteiger charge is -2.34. The van der Waals surface area contributed by atoms with Gasteiger partial charge < -0.3 is 9.80 Å². The summed E-state index contributed by atoms with van der Waals surface area (Å²) in [6.45, 7) is 7.93. The van der Waals surface area contributed by atoms with Crippen molar-refractivity contribution >= 4 is 11.9 Å². The van der Waals surface area contributed by atoms with Crippen LogP contribution in [0.25, 0.3) is 0 Å². The van der Waals surface area contributed by atoms with E-state index in [4.69, 9.17) is 0 Å². The number of nitrogens with zero attached hydrogens (tertiary/aromatic N) is 2. The molecule has 2 aliphatic rings. The van der Waals surface area contributed by atoms with Crippen molar-refractivity contribution in [3.63, 3.8) is 0 Å². The van der Waals surface area contributed by atoms with Gasteiger partial charge in [-0.15, -0.1) is 0 Å². The van der Waals surface area contributed by atoms with Crippen LogP contribution in [0.3, 0.4) is 0 Å². The summed E-state index contributed by atoms with van der Waals surface area (Å²) >= 11 is 0. The number of amides is 3. The van der Waals surface area contributed by atoms with E-state index in [1.807, 2.05) is 0 Å². The summed E-state index contributed by atoms with van der Waals surface area (Å²) in [7, 11) is 0. The second kappa shape index (κ2) is 7.34. The van der Waals surface area contributed by atoms with E-state index in [0.29, 0.717) is 31.5 Å². The van der Waals surface area contributed by atoms with E-state index < -0.39 is 0 Å². The first-order valence-electron chi connectivity index (χ1n) is 8.94. The average molecular weight is 329 g/mol. The number of carbonyl (C=O) groups excluding carboxylic acids is 2. The molecule has 0 radical (unpaired) electrons. The summed E-state index contributed by atoms with van der Waals surface area (Å²) < 4.78 is 0. The standard InChI is InChI=1S/C19H27N3O2/c1-14(2)21-10-7-17(8-11-21)16-5-3-15(4-6-16)13-22-12-9-18(23)20-19(22)24/h3-6,14,17H,7-13H2,1-2H3,(H,20,23,24). The van der Waals surface area contributed by atoms with Crippen molar-refractivity contribution < 1.29 is 9.59 Å². The molecule has 5 heteroatoms. The lowest BCUT2D eigenvalue weighted by atomic mass is 9.88. The number of benzene rings is 1. The molecule has 0 spiro atoms. The van der Waals surface area contributed by atoms with Crippen molar-refractivity contribution in [3.8, 4) is 0 Å². The van der Waals surface area contributed by atoms with Crippen LogP contribution in [-0.4, -0.2) is 47.4 Å². The highest BCUT2D eigenvalue weighted by Crippen LogP contribution is 2.29. The molecule has 1 aromatic rings. The first-order valence-corrected chi connectivity index (χ1v) is 8.94. The maximum atomic E-state index is 11.8. The fraction of sp³-hybridized carbons (Fsp3) is 0.579. The van der Waals surface area contributed by atoms with Crippen molar-refractivity contribution in [1.82, 2.24) is 15.1 Å². The third-order valence-corrected chi connectivity index (χ3v) is 5.23. The molecule has 0 bridgehead atoms. The van der Waals surface area contributed by atoms with Gasteiger partial charge in [0.1, 0.15) is 0 Å². The average Bonchev–Trinajstić information content (AvgIpc) is 2.58. The monoisotopic (exact) mass is 329 g/mol. The SMILES string of the molecule is CC(C)N1CCC(c2ccc(CN3CCC(=O)NC3=O)cc2)CC1. The molecule has 2 saturated heterocycles. The largest absolute Gasteiger partial charge is 0.324 e. The zero-order valence-electron chi connectivity index (χ0n) is 14.6. The molecule has 130 valence electrons. The Labute approximate surface area is 144 Å². The Hall–Kier alpha value is -1.88. The number of likely N-dealkylation sites (tertiary alicyclic amines) is 1. The number of imide groups is 1. The molecule has 1 aromatic carbocycles. The van der Waals surface area contributed by atoms with Crippen molar-refractivity contribution in [2.45, 2.75) is 51.6 Å². The molecule has 5 nitrogen and oxygen atoms in total. The van der Waals surface area contributed by atoms with Crippen molar-refractivity contribution in [3.05, 3.63) is 35.4 Å². The van der Waals surface area contributed by atoms with E-state index in [0.717, 1.165) is 5.56 Å². The molecule has 3 rings (SSSR count). The number of piperidine rings is 1. The molecule has 0 atom stereocenters. The molecule has 2 aliphatic heterocycles. The van der Waals surface area contributed by atoms with Crippen LogP contribution in [0, 0.1) is 0 Å². The van der Waals surface area contributed by atoms with Crippen LogP contribution in [-0.2, 0) is 11.3 Å². The van der Waals surface area contributed by atoms with Gasteiger partial charge in [-0.25, -0.2) is 4.79 Å². The fourth-order valence-electron chi connectivity index (χ4n) is 3.61.